The van der Waals surface area contributed by atoms with Crippen LogP contribution in [0.2, 0.25) is 0 Å². The Bertz CT molecular complexity index is 911. The molecule has 0 bridgehead atoms. The van der Waals surface area contributed by atoms with Crippen molar-refractivity contribution in [2.24, 2.45) is 0 Å². The molecule has 3 rings (SSSR count). The van der Waals surface area contributed by atoms with E-state index < -0.39 is 0 Å². The maximum absolute atomic E-state index is 12.7. The van der Waals surface area contributed by atoms with E-state index in [0.29, 0.717) is 31.7 Å². The Hall–Kier alpha value is -2.90. The van der Waals surface area contributed by atoms with Gasteiger partial charge in [0.05, 0.1) is 5.69 Å². The molecule has 1 N–H and O–H groups in total. The van der Waals surface area contributed by atoms with Crippen LogP contribution in [-0.2, 0) is 0 Å². The summed E-state index contributed by atoms with van der Waals surface area (Å²) in [6.07, 6.45) is 4.34. The number of aromatic amines is 1. The molecule has 0 fully saturated rings. The second-order valence-corrected chi connectivity index (χ2v) is 6.91. The van der Waals surface area contributed by atoms with E-state index in [1.54, 1.807) is 23.0 Å². The number of rotatable bonds is 4. The minimum atomic E-state index is -0.209. The SMILES string of the molecule is CCN(C(=O)N1CC=C(c2nnn(-c3ccc[nH]c3=O)c2C)CC1)C(C)C. The maximum Gasteiger partial charge on any atom is 0.320 e. The summed E-state index contributed by atoms with van der Waals surface area (Å²) in [6, 6.07) is 3.72. The molecule has 0 radical (unpaired) electrons. The standard InChI is InChI=1S/C19H26N6O2/c1-5-24(13(2)3)19(27)23-11-8-15(9-12-23)17-14(4)25(22-21-17)16-7-6-10-20-18(16)26/h6-8,10,13H,5,9,11-12H2,1-4H3,(H,20,26). The van der Waals surface area contributed by atoms with Gasteiger partial charge < -0.3 is 14.8 Å². The predicted octanol–water partition coefficient (Wildman–Crippen LogP) is 2.20. The average Bonchev–Trinajstić information content (AvgIpc) is 3.03. The van der Waals surface area contributed by atoms with Gasteiger partial charge in [-0.3, -0.25) is 4.79 Å². The van der Waals surface area contributed by atoms with Gasteiger partial charge in [-0.05, 0) is 51.8 Å². The van der Waals surface area contributed by atoms with Crippen molar-refractivity contribution in [3.8, 4) is 5.69 Å². The third kappa shape index (κ3) is 3.65. The molecule has 0 unspecified atom stereocenters. The first-order chi connectivity index (χ1) is 12.9. The van der Waals surface area contributed by atoms with E-state index in [1.165, 1.54) is 0 Å². The number of hydrogen-bond acceptors (Lipinski definition) is 4. The second-order valence-electron chi connectivity index (χ2n) is 6.91. The van der Waals surface area contributed by atoms with E-state index in [4.69, 9.17) is 0 Å². The highest BCUT2D eigenvalue weighted by molar-refractivity contribution is 5.77. The molecule has 3 heterocycles. The van der Waals surface area contributed by atoms with Crippen LogP contribution < -0.4 is 5.56 Å². The Balaban J connectivity index is 1.80. The normalized spacial score (nSPS) is 14.4. The first-order valence-corrected chi connectivity index (χ1v) is 9.29. The Labute approximate surface area is 158 Å². The molecule has 144 valence electrons. The first kappa shape index (κ1) is 18.9. The lowest BCUT2D eigenvalue weighted by atomic mass is 10.0. The molecule has 8 heteroatoms. The first-order valence-electron chi connectivity index (χ1n) is 9.29. The molecule has 1 aliphatic rings. The van der Waals surface area contributed by atoms with Crippen molar-refractivity contribution >= 4 is 11.6 Å². The van der Waals surface area contributed by atoms with Gasteiger partial charge in [0.15, 0.2) is 0 Å². The van der Waals surface area contributed by atoms with Crippen LogP contribution in [0.1, 0.15) is 38.6 Å². The van der Waals surface area contributed by atoms with Crippen molar-refractivity contribution in [1.29, 1.82) is 0 Å². The zero-order valence-electron chi connectivity index (χ0n) is 16.3. The summed E-state index contributed by atoms with van der Waals surface area (Å²) in [4.78, 5) is 31.0. The fourth-order valence-electron chi connectivity index (χ4n) is 3.40. The summed E-state index contributed by atoms with van der Waals surface area (Å²) in [5.74, 6) is 0. The van der Waals surface area contributed by atoms with Crippen LogP contribution in [0, 0.1) is 6.92 Å². The summed E-state index contributed by atoms with van der Waals surface area (Å²) in [5, 5.41) is 8.44. The van der Waals surface area contributed by atoms with Crippen molar-refractivity contribution in [3.63, 3.8) is 0 Å². The Morgan fingerprint density at radius 2 is 2.19 bits per heavy atom. The highest BCUT2D eigenvalue weighted by Crippen LogP contribution is 2.24. The van der Waals surface area contributed by atoms with Crippen LogP contribution in [0.4, 0.5) is 4.79 Å². The largest absolute Gasteiger partial charge is 0.327 e. The van der Waals surface area contributed by atoms with Crippen molar-refractivity contribution in [1.82, 2.24) is 29.8 Å². The van der Waals surface area contributed by atoms with Gasteiger partial charge in [-0.15, -0.1) is 5.10 Å². The van der Waals surface area contributed by atoms with Crippen LogP contribution in [0.25, 0.3) is 11.3 Å². The van der Waals surface area contributed by atoms with Gasteiger partial charge in [0.25, 0.3) is 5.56 Å². The molecule has 2 amide bonds. The number of nitrogens with one attached hydrogen (secondary N) is 1. The van der Waals surface area contributed by atoms with E-state index in [9.17, 15) is 9.59 Å². The number of pyridine rings is 1. The minimum absolute atomic E-state index is 0.0685. The predicted molar refractivity (Wildman–Crippen MR) is 104 cm³/mol. The van der Waals surface area contributed by atoms with Gasteiger partial charge >= 0.3 is 6.03 Å². The van der Waals surface area contributed by atoms with Crippen molar-refractivity contribution in [2.45, 2.75) is 40.2 Å². The summed E-state index contributed by atoms with van der Waals surface area (Å²) in [6.45, 7) is 9.84. The molecule has 0 aliphatic carbocycles. The Morgan fingerprint density at radius 3 is 2.78 bits per heavy atom. The average molecular weight is 370 g/mol. The van der Waals surface area contributed by atoms with Gasteiger partial charge in [0.1, 0.15) is 11.4 Å². The van der Waals surface area contributed by atoms with Gasteiger partial charge in [-0.2, -0.15) is 0 Å². The zero-order valence-corrected chi connectivity index (χ0v) is 16.3. The van der Waals surface area contributed by atoms with Crippen LogP contribution in [0.5, 0.6) is 0 Å². The van der Waals surface area contributed by atoms with Crippen molar-refractivity contribution < 1.29 is 4.79 Å². The highest BCUT2D eigenvalue weighted by Gasteiger charge is 2.25. The van der Waals surface area contributed by atoms with Gasteiger partial charge in [0.2, 0.25) is 0 Å². The van der Waals surface area contributed by atoms with Crippen LogP contribution >= 0.6 is 0 Å². The maximum atomic E-state index is 12.7. The molecule has 0 aromatic carbocycles. The van der Waals surface area contributed by atoms with Crippen LogP contribution in [0.15, 0.2) is 29.2 Å². The molecule has 2 aromatic rings. The monoisotopic (exact) mass is 370 g/mol. The lowest BCUT2D eigenvalue weighted by Gasteiger charge is -2.34. The molecular formula is C19H26N6O2. The van der Waals surface area contributed by atoms with E-state index in [0.717, 1.165) is 17.0 Å². The highest BCUT2D eigenvalue weighted by atomic mass is 16.2. The number of carbonyl (C=O) groups excluding carboxylic acids is 1. The van der Waals surface area contributed by atoms with Crippen LogP contribution in [-0.4, -0.2) is 61.5 Å². The molecule has 8 nitrogen and oxygen atoms in total. The van der Waals surface area contributed by atoms with Crippen LogP contribution in [0.3, 0.4) is 0 Å². The molecular weight excluding hydrogens is 344 g/mol. The molecule has 1 aliphatic heterocycles. The number of amides is 2. The van der Waals surface area contributed by atoms with Crippen molar-refractivity contribution in [3.05, 3.63) is 46.1 Å². The molecule has 0 saturated heterocycles. The fraction of sp³-hybridized carbons (Fsp3) is 0.474. The quantitative estimate of drug-likeness (QED) is 0.894. The van der Waals surface area contributed by atoms with Gasteiger partial charge in [-0.1, -0.05) is 11.3 Å². The number of aromatic nitrogens is 4. The summed E-state index contributed by atoms with van der Waals surface area (Å²) >= 11 is 0. The fourth-order valence-corrected chi connectivity index (χ4v) is 3.40. The smallest absolute Gasteiger partial charge is 0.320 e. The second kappa shape index (κ2) is 7.77. The number of hydrogen-bond donors (Lipinski definition) is 1. The number of carbonyl (C=O) groups is 1. The molecule has 0 atom stereocenters. The topological polar surface area (TPSA) is 87.1 Å². The molecule has 2 aromatic heterocycles. The summed E-state index contributed by atoms with van der Waals surface area (Å²) in [5.41, 5.74) is 2.89. The minimum Gasteiger partial charge on any atom is -0.327 e. The lowest BCUT2D eigenvalue weighted by Crippen LogP contribution is -2.47. The van der Waals surface area contributed by atoms with E-state index >= 15 is 0 Å². The van der Waals surface area contributed by atoms with E-state index in [1.807, 2.05) is 43.6 Å². The van der Waals surface area contributed by atoms with Gasteiger partial charge in [0, 0.05) is 31.9 Å². The summed E-state index contributed by atoms with van der Waals surface area (Å²) in [7, 11) is 0. The zero-order chi connectivity index (χ0) is 19.6. The van der Waals surface area contributed by atoms with Crippen molar-refractivity contribution in [2.75, 3.05) is 19.6 Å². The third-order valence-corrected chi connectivity index (χ3v) is 4.91. The Kier molecular flexibility index (Phi) is 5.43. The Morgan fingerprint density at radius 1 is 1.41 bits per heavy atom. The van der Waals surface area contributed by atoms with Gasteiger partial charge in [-0.25, -0.2) is 9.48 Å². The number of H-pyrrole nitrogens is 1. The molecule has 27 heavy (non-hydrogen) atoms. The lowest BCUT2D eigenvalue weighted by molar-refractivity contribution is 0.147. The number of nitrogens with zero attached hydrogens (tertiary/aromatic N) is 5. The number of urea groups is 1. The summed E-state index contributed by atoms with van der Waals surface area (Å²) < 4.78 is 1.56. The van der Waals surface area contributed by atoms with E-state index in [-0.39, 0.29) is 17.6 Å². The van der Waals surface area contributed by atoms with E-state index in [2.05, 4.69) is 15.3 Å². The molecule has 0 saturated carbocycles. The molecule has 0 spiro atoms. The third-order valence-electron chi connectivity index (χ3n) is 4.91.